The van der Waals surface area contributed by atoms with Gasteiger partial charge < -0.3 is 9.80 Å². The van der Waals surface area contributed by atoms with Gasteiger partial charge in [-0.3, -0.25) is 0 Å². The summed E-state index contributed by atoms with van der Waals surface area (Å²) >= 11 is 0. The van der Waals surface area contributed by atoms with Gasteiger partial charge in [-0.2, -0.15) is 0 Å². The standard InChI is InChI=1S/C19H26N2/c1-6-7-8-9-10-20-11-12-21(18(20)5)19-16(3)13-15(2)14-17(19)4/h5-6,11-14,18H,1,7-10H2,2-4H3. The van der Waals surface area contributed by atoms with Gasteiger partial charge in [-0.1, -0.05) is 23.8 Å². The third-order valence-corrected chi connectivity index (χ3v) is 4.01. The molecule has 0 N–H and O–H groups in total. The van der Waals surface area contributed by atoms with Crippen LogP contribution in [0.5, 0.6) is 0 Å². The lowest BCUT2D eigenvalue weighted by Crippen LogP contribution is -2.37. The van der Waals surface area contributed by atoms with Crippen molar-refractivity contribution in [2.75, 3.05) is 11.4 Å². The molecule has 1 aromatic rings. The van der Waals surface area contributed by atoms with Crippen LogP contribution < -0.4 is 4.90 Å². The van der Waals surface area contributed by atoms with Crippen molar-refractivity contribution in [3.8, 4) is 0 Å². The summed E-state index contributed by atoms with van der Waals surface area (Å²) < 4.78 is 0. The highest BCUT2D eigenvalue weighted by Gasteiger charge is 2.25. The molecule has 2 rings (SSSR count). The molecule has 1 unspecified atom stereocenters. The lowest BCUT2D eigenvalue weighted by Gasteiger charge is -2.31. The van der Waals surface area contributed by atoms with E-state index in [9.17, 15) is 0 Å². The van der Waals surface area contributed by atoms with Gasteiger partial charge in [0.25, 0.3) is 0 Å². The third-order valence-electron chi connectivity index (χ3n) is 4.01. The topological polar surface area (TPSA) is 6.48 Å². The minimum atomic E-state index is -0.103. The molecular formula is C19H26N2. The molecule has 2 heteroatoms. The first-order chi connectivity index (χ1) is 10.0. The average molecular weight is 282 g/mol. The van der Waals surface area contributed by atoms with Crippen LogP contribution >= 0.6 is 0 Å². The van der Waals surface area contributed by atoms with Crippen molar-refractivity contribution in [2.24, 2.45) is 0 Å². The molecule has 1 aromatic carbocycles. The summed E-state index contributed by atoms with van der Waals surface area (Å²) in [6.45, 7) is 17.6. The van der Waals surface area contributed by atoms with Crippen LogP contribution in [-0.4, -0.2) is 17.6 Å². The largest absolute Gasteiger partial charge is 0.355 e. The number of benzene rings is 1. The normalized spacial score (nSPS) is 17.6. The van der Waals surface area contributed by atoms with Crippen LogP contribution in [0.25, 0.3) is 0 Å². The van der Waals surface area contributed by atoms with Crippen molar-refractivity contribution in [1.29, 1.82) is 0 Å². The third kappa shape index (κ3) is 3.49. The van der Waals surface area contributed by atoms with Gasteiger partial charge in [0.15, 0.2) is 0 Å². The number of nitrogens with zero attached hydrogens (tertiary/aromatic N) is 2. The van der Waals surface area contributed by atoms with E-state index in [0.29, 0.717) is 0 Å². The van der Waals surface area contributed by atoms with Crippen molar-refractivity contribution in [3.63, 3.8) is 0 Å². The van der Waals surface area contributed by atoms with E-state index in [4.69, 9.17) is 6.92 Å². The van der Waals surface area contributed by atoms with E-state index in [2.05, 4.69) is 61.7 Å². The maximum atomic E-state index is 6.42. The minimum absolute atomic E-state index is 0.103. The van der Waals surface area contributed by atoms with E-state index in [1.165, 1.54) is 28.8 Å². The van der Waals surface area contributed by atoms with Gasteiger partial charge in [-0.25, -0.2) is 0 Å². The maximum absolute atomic E-state index is 6.42. The molecule has 112 valence electrons. The molecule has 21 heavy (non-hydrogen) atoms. The summed E-state index contributed by atoms with van der Waals surface area (Å²) in [4.78, 5) is 4.39. The average Bonchev–Trinajstić information content (AvgIpc) is 2.76. The Bertz CT molecular complexity index is 507. The van der Waals surface area contributed by atoms with Crippen LogP contribution in [0.4, 0.5) is 5.69 Å². The van der Waals surface area contributed by atoms with Crippen molar-refractivity contribution in [2.45, 2.75) is 46.2 Å². The molecule has 0 fully saturated rings. The molecule has 0 spiro atoms. The molecule has 1 aliphatic heterocycles. The molecule has 1 atom stereocenters. The lowest BCUT2D eigenvalue weighted by atomic mass is 10.0. The summed E-state index contributed by atoms with van der Waals surface area (Å²) in [5, 5.41) is 0. The van der Waals surface area contributed by atoms with Gasteiger partial charge in [0.1, 0.15) is 6.17 Å². The summed E-state index contributed by atoms with van der Waals surface area (Å²) in [5.74, 6) is 0. The number of anilines is 1. The van der Waals surface area contributed by atoms with Crippen molar-refractivity contribution >= 4 is 5.69 Å². The fourth-order valence-corrected chi connectivity index (χ4v) is 3.07. The molecule has 2 nitrogen and oxygen atoms in total. The number of unbranched alkanes of at least 4 members (excludes halogenated alkanes) is 2. The van der Waals surface area contributed by atoms with Crippen LogP contribution in [0.1, 0.15) is 36.0 Å². The highest BCUT2D eigenvalue weighted by molar-refractivity contribution is 5.63. The fourth-order valence-electron chi connectivity index (χ4n) is 3.07. The Hall–Kier alpha value is -1.70. The SMILES string of the molecule is [CH]C1N(CCCCC=C)C=CN1c1c(C)cc(C)cc1C. The van der Waals surface area contributed by atoms with Gasteiger partial charge in [0.05, 0.1) is 0 Å². The fraction of sp³-hybridized carbons (Fsp3) is 0.421. The summed E-state index contributed by atoms with van der Waals surface area (Å²) in [7, 11) is 0. The zero-order valence-corrected chi connectivity index (χ0v) is 13.5. The van der Waals surface area contributed by atoms with E-state index >= 15 is 0 Å². The molecular weight excluding hydrogens is 256 g/mol. The van der Waals surface area contributed by atoms with Crippen LogP contribution in [0.2, 0.25) is 0 Å². The second-order valence-corrected chi connectivity index (χ2v) is 5.89. The molecule has 0 saturated heterocycles. The second-order valence-electron chi connectivity index (χ2n) is 5.89. The van der Waals surface area contributed by atoms with Crippen LogP contribution in [0, 0.1) is 27.7 Å². The number of hydrogen-bond acceptors (Lipinski definition) is 2. The Morgan fingerprint density at radius 2 is 1.81 bits per heavy atom. The van der Waals surface area contributed by atoms with E-state index in [-0.39, 0.29) is 6.17 Å². The predicted octanol–water partition coefficient (Wildman–Crippen LogP) is 4.60. The van der Waals surface area contributed by atoms with E-state index < -0.39 is 0 Å². The van der Waals surface area contributed by atoms with Gasteiger partial charge in [-0.15, -0.1) is 6.58 Å². The van der Waals surface area contributed by atoms with Gasteiger partial charge >= 0.3 is 0 Å². The first-order valence-electron chi connectivity index (χ1n) is 7.71. The Labute approximate surface area is 129 Å². The number of aryl methyl sites for hydroxylation is 3. The molecule has 0 saturated carbocycles. The first-order valence-corrected chi connectivity index (χ1v) is 7.71. The molecule has 0 amide bonds. The van der Waals surface area contributed by atoms with Gasteiger partial charge in [0, 0.05) is 31.6 Å². The predicted molar refractivity (Wildman–Crippen MR) is 91.1 cm³/mol. The molecule has 0 bridgehead atoms. The lowest BCUT2D eigenvalue weighted by molar-refractivity contribution is 0.334. The molecule has 0 aromatic heterocycles. The minimum Gasteiger partial charge on any atom is -0.355 e. The van der Waals surface area contributed by atoms with Crippen LogP contribution in [0.15, 0.2) is 37.2 Å². The number of hydrogen-bond donors (Lipinski definition) is 0. The molecule has 2 radical (unpaired) electrons. The first kappa shape index (κ1) is 15.7. The molecule has 0 aliphatic carbocycles. The summed E-state index contributed by atoms with van der Waals surface area (Å²) in [6.07, 6.45) is 9.47. The second kappa shape index (κ2) is 6.84. The van der Waals surface area contributed by atoms with Gasteiger partial charge in [-0.05, 0) is 51.2 Å². The Kier molecular flexibility index (Phi) is 5.11. The van der Waals surface area contributed by atoms with Crippen LogP contribution in [-0.2, 0) is 0 Å². The van der Waals surface area contributed by atoms with E-state index in [1.54, 1.807) is 0 Å². The van der Waals surface area contributed by atoms with Crippen molar-refractivity contribution in [3.05, 3.63) is 60.8 Å². The zero-order chi connectivity index (χ0) is 15.4. The van der Waals surface area contributed by atoms with Crippen LogP contribution in [0.3, 0.4) is 0 Å². The quantitative estimate of drug-likeness (QED) is 0.556. The highest BCUT2D eigenvalue weighted by Crippen LogP contribution is 2.31. The number of allylic oxidation sites excluding steroid dienone is 1. The van der Waals surface area contributed by atoms with E-state index in [1.807, 2.05) is 6.08 Å². The van der Waals surface area contributed by atoms with Gasteiger partial charge in [0.2, 0.25) is 0 Å². The summed E-state index contributed by atoms with van der Waals surface area (Å²) in [6, 6.07) is 4.44. The molecule has 1 heterocycles. The molecule has 1 aliphatic rings. The highest BCUT2D eigenvalue weighted by atomic mass is 15.4. The van der Waals surface area contributed by atoms with Crippen molar-refractivity contribution in [1.82, 2.24) is 4.90 Å². The Balaban J connectivity index is 2.07. The Morgan fingerprint density at radius 3 is 2.43 bits per heavy atom. The smallest absolute Gasteiger partial charge is 0.109 e. The number of rotatable bonds is 6. The van der Waals surface area contributed by atoms with Crippen molar-refractivity contribution < 1.29 is 0 Å². The zero-order valence-electron chi connectivity index (χ0n) is 13.5. The van der Waals surface area contributed by atoms with E-state index in [0.717, 1.165) is 19.4 Å². The maximum Gasteiger partial charge on any atom is 0.109 e. The Morgan fingerprint density at radius 1 is 1.14 bits per heavy atom. The summed E-state index contributed by atoms with van der Waals surface area (Å²) in [5.41, 5.74) is 5.09. The monoisotopic (exact) mass is 282 g/mol.